The number of carbonyl (C=O) groups excluding carboxylic acids is 1. The molecule has 9 heteroatoms. The smallest absolute Gasteiger partial charge is 0.251 e. The molecular formula is C25H31N5O3S. The van der Waals surface area contributed by atoms with Gasteiger partial charge in [-0.25, -0.2) is 8.42 Å². The number of piperidine rings is 1. The fourth-order valence-electron chi connectivity index (χ4n) is 4.36. The number of aryl methyl sites for hydroxylation is 1. The van der Waals surface area contributed by atoms with Gasteiger partial charge in [0, 0.05) is 24.8 Å². The van der Waals surface area contributed by atoms with Crippen LogP contribution in [0.25, 0.3) is 0 Å². The van der Waals surface area contributed by atoms with Crippen LogP contribution in [0.3, 0.4) is 0 Å². The highest BCUT2D eigenvalue weighted by molar-refractivity contribution is 7.89. The van der Waals surface area contributed by atoms with Gasteiger partial charge in [0.2, 0.25) is 10.0 Å². The van der Waals surface area contributed by atoms with Crippen LogP contribution in [0.4, 0.5) is 0 Å². The van der Waals surface area contributed by atoms with Gasteiger partial charge in [0.05, 0.1) is 29.7 Å². The van der Waals surface area contributed by atoms with Crippen molar-refractivity contribution >= 4 is 15.9 Å². The molecule has 1 atom stereocenters. The number of nitrogens with zero attached hydrogens (tertiary/aromatic N) is 4. The Morgan fingerprint density at radius 2 is 1.76 bits per heavy atom. The lowest BCUT2D eigenvalue weighted by Crippen LogP contribution is -2.36. The molecule has 4 rings (SSSR count). The number of aromatic nitrogens is 3. The largest absolute Gasteiger partial charge is 0.344 e. The predicted molar refractivity (Wildman–Crippen MR) is 130 cm³/mol. The van der Waals surface area contributed by atoms with E-state index in [1.165, 1.54) is 0 Å². The second-order valence-electron chi connectivity index (χ2n) is 8.77. The first-order valence-electron chi connectivity index (χ1n) is 11.6. The van der Waals surface area contributed by atoms with Crippen molar-refractivity contribution in [3.8, 4) is 0 Å². The lowest BCUT2D eigenvalue weighted by molar-refractivity contribution is 0.0939. The van der Waals surface area contributed by atoms with Gasteiger partial charge < -0.3 is 5.32 Å². The summed E-state index contributed by atoms with van der Waals surface area (Å²) in [6.07, 6.45) is 4.56. The first kappa shape index (κ1) is 24.1. The Labute approximate surface area is 201 Å². The summed E-state index contributed by atoms with van der Waals surface area (Å²) in [5, 5.41) is 7.48. The van der Waals surface area contributed by atoms with E-state index in [9.17, 15) is 13.2 Å². The normalized spacial score (nSPS) is 15.7. The lowest BCUT2D eigenvalue weighted by Gasteiger charge is -2.26. The fraction of sp³-hybridized carbons (Fsp3) is 0.400. The van der Waals surface area contributed by atoms with Gasteiger partial charge in [0.15, 0.2) is 0 Å². The van der Waals surface area contributed by atoms with Gasteiger partial charge in [0.1, 0.15) is 4.90 Å². The summed E-state index contributed by atoms with van der Waals surface area (Å²) in [4.78, 5) is 17.2. The third kappa shape index (κ3) is 5.05. The quantitative estimate of drug-likeness (QED) is 0.556. The molecule has 0 unspecified atom stereocenters. The molecule has 1 fully saturated rings. The van der Waals surface area contributed by atoms with Crippen molar-refractivity contribution in [3.05, 3.63) is 76.9 Å². The summed E-state index contributed by atoms with van der Waals surface area (Å²) in [6, 6.07) is 12.7. The molecule has 0 radical (unpaired) electrons. The molecule has 0 spiro atoms. The van der Waals surface area contributed by atoms with Crippen LogP contribution < -0.4 is 5.32 Å². The monoisotopic (exact) mass is 481 g/mol. The maximum absolute atomic E-state index is 13.2. The van der Waals surface area contributed by atoms with Crippen LogP contribution in [-0.2, 0) is 16.6 Å². The highest BCUT2D eigenvalue weighted by Crippen LogP contribution is 2.26. The van der Waals surface area contributed by atoms with Crippen LogP contribution in [0.1, 0.15) is 65.2 Å². The summed E-state index contributed by atoms with van der Waals surface area (Å²) in [6.45, 7) is 7.00. The zero-order chi connectivity index (χ0) is 24.3. The number of hydrogen-bond donors (Lipinski definition) is 1. The van der Waals surface area contributed by atoms with Crippen molar-refractivity contribution in [1.29, 1.82) is 0 Å². The topological polar surface area (TPSA) is 97.2 Å². The average molecular weight is 482 g/mol. The zero-order valence-corrected chi connectivity index (χ0v) is 20.7. The first-order valence-corrected chi connectivity index (χ1v) is 13.1. The van der Waals surface area contributed by atoms with Crippen molar-refractivity contribution in [3.63, 3.8) is 0 Å². The Morgan fingerprint density at radius 3 is 2.41 bits per heavy atom. The maximum atomic E-state index is 13.2. The SMILES string of the molecule is Cc1nn(Cc2ccc(C(=O)N[C@H](C)c3ccccn3)cc2)c(C)c1S(=O)(=O)N1CCCCC1. The summed E-state index contributed by atoms with van der Waals surface area (Å²) in [7, 11) is -3.56. The first-order chi connectivity index (χ1) is 16.3. The van der Waals surface area contributed by atoms with Crippen molar-refractivity contribution in [1.82, 2.24) is 24.4 Å². The number of carbonyl (C=O) groups is 1. The van der Waals surface area contributed by atoms with Crippen molar-refractivity contribution in [2.75, 3.05) is 13.1 Å². The van der Waals surface area contributed by atoms with Crippen molar-refractivity contribution < 1.29 is 13.2 Å². The van der Waals surface area contributed by atoms with E-state index < -0.39 is 10.0 Å². The van der Waals surface area contributed by atoms with E-state index in [1.54, 1.807) is 41.2 Å². The van der Waals surface area contributed by atoms with E-state index >= 15 is 0 Å². The summed E-state index contributed by atoms with van der Waals surface area (Å²) in [5.74, 6) is -0.175. The molecule has 1 aliphatic heterocycles. The van der Waals surface area contributed by atoms with E-state index in [1.807, 2.05) is 37.3 Å². The number of amides is 1. The third-order valence-electron chi connectivity index (χ3n) is 6.26. The molecule has 1 N–H and O–H groups in total. The van der Waals surface area contributed by atoms with Gasteiger partial charge in [-0.15, -0.1) is 0 Å². The van der Waals surface area contributed by atoms with E-state index in [0.29, 0.717) is 41.5 Å². The van der Waals surface area contributed by atoms with Crippen molar-refractivity contribution in [2.24, 2.45) is 0 Å². The summed E-state index contributed by atoms with van der Waals surface area (Å²) in [5.41, 5.74) is 3.43. The van der Waals surface area contributed by atoms with Crippen LogP contribution >= 0.6 is 0 Å². The number of pyridine rings is 1. The molecule has 3 aromatic rings. The Bertz CT molecular complexity index is 1250. The van der Waals surface area contributed by atoms with Crippen LogP contribution in [0.15, 0.2) is 53.6 Å². The Morgan fingerprint density at radius 1 is 1.06 bits per heavy atom. The summed E-state index contributed by atoms with van der Waals surface area (Å²) >= 11 is 0. The second kappa shape index (κ2) is 10.1. The van der Waals surface area contributed by atoms with E-state index in [0.717, 1.165) is 30.5 Å². The minimum absolute atomic E-state index is 0.175. The standard InChI is InChI=1S/C25H31N5O3S/c1-18(23-9-5-6-14-26-23)27-25(31)22-12-10-21(11-13-22)17-30-20(3)24(19(2)28-30)34(32,33)29-15-7-4-8-16-29/h5-6,9-14,18H,4,7-8,15-17H2,1-3H3,(H,27,31)/t18-/m1/s1. The highest BCUT2D eigenvalue weighted by Gasteiger charge is 2.31. The Kier molecular flexibility index (Phi) is 7.13. The predicted octanol–water partition coefficient (Wildman–Crippen LogP) is 3.61. The van der Waals surface area contributed by atoms with Crippen LogP contribution in [0.5, 0.6) is 0 Å². The van der Waals surface area contributed by atoms with E-state index in [2.05, 4.69) is 15.4 Å². The van der Waals surface area contributed by atoms with E-state index in [-0.39, 0.29) is 11.9 Å². The fourth-order valence-corrected chi connectivity index (χ4v) is 6.25. The molecule has 34 heavy (non-hydrogen) atoms. The Hall–Kier alpha value is -3.04. The molecule has 1 saturated heterocycles. The molecule has 8 nitrogen and oxygen atoms in total. The molecule has 0 bridgehead atoms. The summed E-state index contributed by atoms with van der Waals surface area (Å²) < 4.78 is 29.8. The lowest BCUT2D eigenvalue weighted by atomic mass is 10.1. The molecule has 0 saturated carbocycles. The molecule has 2 aromatic heterocycles. The van der Waals surface area contributed by atoms with Gasteiger partial charge in [0.25, 0.3) is 5.91 Å². The van der Waals surface area contributed by atoms with Crippen LogP contribution in [0, 0.1) is 13.8 Å². The van der Waals surface area contributed by atoms with Crippen LogP contribution in [0.2, 0.25) is 0 Å². The van der Waals surface area contributed by atoms with Gasteiger partial charge in [-0.2, -0.15) is 9.40 Å². The highest BCUT2D eigenvalue weighted by atomic mass is 32.2. The molecule has 1 amide bonds. The number of sulfonamides is 1. The van der Waals surface area contributed by atoms with Gasteiger partial charge >= 0.3 is 0 Å². The molecule has 180 valence electrons. The number of nitrogens with one attached hydrogen (secondary N) is 1. The minimum atomic E-state index is -3.56. The van der Waals surface area contributed by atoms with Gasteiger partial charge in [-0.05, 0) is 63.4 Å². The maximum Gasteiger partial charge on any atom is 0.251 e. The Balaban J connectivity index is 1.46. The number of hydrogen-bond acceptors (Lipinski definition) is 5. The van der Waals surface area contributed by atoms with Crippen molar-refractivity contribution in [2.45, 2.75) is 57.5 Å². The van der Waals surface area contributed by atoms with Crippen LogP contribution in [-0.4, -0.2) is 46.5 Å². The van der Waals surface area contributed by atoms with Gasteiger partial charge in [-0.1, -0.05) is 24.6 Å². The molecule has 1 aromatic carbocycles. The second-order valence-corrected chi connectivity index (χ2v) is 10.6. The minimum Gasteiger partial charge on any atom is -0.344 e. The number of rotatable bonds is 7. The number of benzene rings is 1. The molecular weight excluding hydrogens is 450 g/mol. The molecule has 1 aliphatic rings. The van der Waals surface area contributed by atoms with E-state index in [4.69, 9.17) is 0 Å². The molecule has 0 aliphatic carbocycles. The third-order valence-corrected chi connectivity index (χ3v) is 8.41. The zero-order valence-electron chi connectivity index (χ0n) is 19.9. The average Bonchev–Trinajstić information content (AvgIpc) is 3.13. The molecule has 3 heterocycles. The van der Waals surface area contributed by atoms with Gasteiger partial charge in [-0.3, -0.25) is 14.5 Å².